The first-order valence-corrected chi connectivity index (χ1v) is 6.07. The van der Waals surface area contributed by atoms with Gasteiger partial charge < -0.3 is 10.3 Å². The molecule has 0 unspecified atom stereocenters. The molecule has 0 saturated heterocycles. The van der Waals surface area contributed by atoms with Crippen LogP contribution in [0.15, 0.2) is 24.5 Å². The largest absolute Gasteiger partial charge is 0.370 e. The average Bonchev–Trinajstić information content (AvgIpc) is 2.87. The lowest BCUT2D eigenvalue weighted by Gasteiger charge is -2.05. The molecule has 2 rings (SSSR count). The molecule has 2 N–H and O–H groups in total. The smallest absolute Gasteiger partial charge is 0.276 e. The summed E-state index contributed by atoms with van der Waals surface area (Å²) in [5, 5.41) is 13.8. The quantitative estimate of drug-likeness (QED) is 0.367. The van der Waals surface area contributed by atoms with E-state index >= 15 is 0 Å². The molecule has 19 heavy (non-hydrogen) atoms. The SMILES string of the molecule is O=[N+]([O-])c1cc(Cl)nc(NCCCc2ncc[nH]2)c1. The van der Waals surface area contributed by atoms with Crippen LogP contribution in [0.1, 0.15) is 12.2 Å². The summed E-state index contributed by atoms with van der Waals surface area (Å²) >= 11 is 5.72. The summed E-state index contributed by atoms with van der Waals surface area (Å²) in [6, 6.07) is 2.58. The summed E-state index contributed by atoms with van der Waals surface area (Å²) in [7, 11) is 0. The van der Waals surface area contributed by atoms with Gasteiger partial charge in [-0.25, -0.2) is 9.97 Å². The first-order chi connectivity index (χ1) is 9.15. The summed E-state index contributed by atoms with van der Waals surface area (Å²) in [5.41, 5.74) is -0.0754. The van der Waals surface area contributed by atoms with Crippen LogP contribution in [0.4, 0.5) is 11.5 Å². The first-order valence-electron chi connectivity index (χ1n) is 5.69. The van der Waals surface area contributed by atoms with Crippen molar-refractivity contribution in [2.75, 3.05) is 11.9 Å². The van der Waals surface area contributed by atoms with Crippen LogP contribution in [0.25, 0.3) is 0 Å². The van der Waals surface area contributed by atoms with Gasteiger partial charge in [-0.1, -0.05) is 11.6 Å². The Morgan fingerprint density at radius 3 is 3.00 bits per heavy atom. The van der Waals surface area contributed by atoms with E-state index in [9.17, 15) is 10.1 Å². The number of imidazole rings is 1. The Bertz CT molecular complexity index is 558. The van der Waals surface area contributed by atoms with E-state index in [-0.39, 0.29) is 10.8 Å². The van der Waals surface area contributed by atoms with Gasteiger partial charge in [0.05, 0.1) is 17.1 Å². The molecule has 0 spiro atoms. The Kier molecular flexibility index (Phi) is 4.30. The van der Waals surface area contributed by atoms with Crippen LogP contribution >= 0.6 is 11.6 Å². The number of nitro groups is 1. The van der Waals surface area contributed by atoms with Crippen LogP contribution in [-0.4, -0.2) is 26.4 Å². The van der Waals surface area contributed by atoms with Gasteiger partial charge in [-0.05, 0) is 6.42 Å². The van der Waals surface area contributed by atoms with Crippen molar-refractivity contribution >= 4 is 23.1 Å². The van der Waals surface area contributed by atoms with E-state index in [1.54, 1.807) is 12.4 Å². The van der Waals surface area contributed by atoms with Gasteiger partial charge in [0, 0.05) is 25.4 Å². The molecular formula is C11H12ClN5O2. The van der Waals surface area contributed by atoms with E-state index in [1.807, 2.05) is 0 Å². The van der Waals surface area contributed by atoms with E-state index in [4.69, 9.17) is 11.6 Å². The van der Waals surface area contributed by atoms with Gasteiger partial charge in [0.15, 0.2) is 0 Å². The zero-order chi connectivity index (χ0) is 13.7. The lowest BCUT2D eigenvalue weighted by Crippen LogP contribution is -2.05. The van der Waals surface area contributed by atoms with E-state index in [0.29, 0.717) is 12.4 Å². The Morgan fingerprint density at radius 2 is 2.32 bits per heavy atom. The third kappa shape index (κ3) is 3.92. The van der Waals surface area contributed by atoms with Crippen LogP contribution in [0.3, 0.4) is 0 Å². The number of nitrogens with zero attached hydrogens (tertiary/aromatic N) is 3. The summed E-state index contributed by atoms with van der Waals surface area (Å²) < 4.78 is 0. The van der Waals surface area contributed by atoms with Gasteiger partial charge in [0.1, 0.15) is 16.8 Å². The number of H-pyrrole nitrogens is 1. The Labute approximate surface area is 114 Å². The molecule has 2 aromatic rings. The van der Waals surface area contributed by atoms with E-state index in [2.05, 4.69) is 20.3 Å². The third-order valence-corrected chi connectivity index (χ3v) is 2.63. The van der Waals surface area contributed by atoms with Crippen LogP contribution in [0, 0.1) is 10.1 Å². The number of hydrogen-bond donors (Lipinski definition) is 2. The first kappa shape index (κ1) is 13.3. The number of aromatic nitrogens is 3. The van der Waals surface area contributed by atoms with Gasteiger partial charge >= 0.3 is 0 Å². The lowest BCUT2D eigenvalue weighted by molar-refractivity contribution is -0.384. The van der Waals surface area contributed by atoms with Crippen molar-refractivity contribution in [2.45, 2.75) is 12.8 Å². The van der Waals surface area contributed by atoms with Gasteiger partial charge in [-0.15, -0.1) is 0 Å². The number of aromatic amines is 1. The van der Waals surface area contributed by atoms with Crippen molar-refractivity contribution < 1.29 is 4.92 Å². The van der Waals surface area contributed by atoms with Crippen molar-refractivity contribution in [3.63, 3.8) is 0 Å². The average molecular weight is 282 g/mol. The fraction of sp³-hybridized carbons (Fsp3) is 0.273. The van der Waals surface area contributed by atoms with Crippen molar-refractivity contribution in [3.05, 3.63) is 45.6 Å². The molecule has 0 fully saturated rings. The summed E-state index contributed by atoms with van der Waals surface area (Å²) in [5.74, 6) is 1.31. The molecule has 0 amide bonds. The highest BCUT2D eigenvalue weighted by Gasteiger charge is 2.09. The fourth-order valence-electron chi connectivity index (χ4n) is 1.59. The Morgan fingerprint density at radius 1 is 1.47 bits per heavy atom. The normalized spacial score (nSPS) is 10.4. The molecule has 2 aromatic heterocycles. The second-order valence-corrected chi connectivity index (χ2v) is 4.24. The van der Waals surface area contributed by atoms with Gasteiger partial charge in [-0.3, -0.25) is 10.1 Å². The topological polar surface area (TPSA) is 96.7 Å². The molecule has 8 heteroatoms. The predicted molar refractivity (Wildman–Crippen MR) is 71.3 cm³/mol. The van der Waals surface area contributed by atoms with Crippen molar-refractivity contribution in [1.29, 1.82) is 0 Å². The van der Waals surface area contributed by atoms with Crippen LogP contribution in [0.2, 0.25) is 5.15 Å². The fourth-order valence-corrected chi connectivity index (χ4v) is 1.79. The number of anilines is 1. The molecule has 0 aliphatic heterocycles. The second kappa shape index (κ2) is 6.14. The maximum absolute atomic E-state index is 10.7. The van der Waals surface area contributed by atoms with Crippen LogP contribution in [0.5, 0.6) is 0 Å². The predicted octanol–water partition coefficient (Wildman–Crippen LogP) is 2.41. The van der Waals surface area contributed by atoms with E-state index in [1.165, 1.54) is 12.1 Å². The summed E-state index contributed by atoms with van der Waals surface area (Å²) in [6.45, 7) is 0.630. The number of halogens is 1. The minimum absolute atomic E-state index is 0.0754. The molecule has 100 valence electrons. The van der Waals surface area contributed by atoms with Gasteiger partial charge in [-0.2, -0.15) is 0 Å². The Hall–Kier alpha value is -2.15. The number of pyridine rings is 1. The number of aryl methyl sites for hydroxylation is 1. The highest BCUT2D eigenvalue weighted by atomic mass is 35.5. The number of nitrogens with one attached hydrogen (secondary N) is 2. The molecule has 0 saturated carbocycles. The second-order valence-electron chi connectivity index (χ2n) is 3.86. The van der Waals surface area contributed by atoms with E-state index in [0.717, 1.165) is 18.7 Å². The molecule has 0 aliphatic carbocycles. The summed E-state index contributed by atoms with van der Waals surface area (Å²) in [6.07, 6.45) is 5.09. The number of rotatable bonds is 6. The maximum atomic E-state index is 10.7. The molecule has 0 radical (unpaired) electrons. The number of hydrogen-bond acceptors (Lipinski definition) is 5. The maximum Gasteiger partial charge on any atom is 0.276 e. The zero-order valence-corrected chi connectivity index (χ0v) is 10.7. The van der Waals surface area contributed by atoms with Crippen LogP contribution < -0.4 is 5.32 Å². The zero-order valence-electron chi connectivity index (χ0n) is 9.97. The Balaban J connectivity index is 1.87. The molecule has 0 aromatic carbocycles. The van der Waals surface area contributed by atoms with Gasteiger partial charge in [0.2, 0.25) is 0 Å². The highest BCUT2D eigenvalue weighted by molar-refractivity contribution is 6.29. The van der Waals surface area contributed by atoms with Crippen LogP contribution in [-0.2, 0) is 6.42 Å². The molecule has 0 aliphatic rings. The summed E-state index contributed by atoms with van der Waals surface area (Å²) in [4.78, 5) is 21.3. The molecular weight excluding hydrogens is 270 g/mol. The minimum atomic E-state index is -0.498. The molecule has 7 nitrogen and oxygen atoms in total. The minimum Gasteiger partial charge on any atom is -0.370 e. The monoisotopic (exact) mass is 281 g/mol. The van der Waals surface area contributed by atoms with Crippen molar-refractivity contribution in [3.8, 4) is 0 Å². The molecule has 2 heterocycles. The third-order valence-electron chi connectivity index (χ3n) is 2.44. The van der Waals surface area contributed by atoms with Gasteiger partial charge in [0.25, 0.3) is 5.69 Å². The lowest BCUT2D eigenvalue weighted by atomic mass is 10.3. The van der Waals surface area contributed by atoms with E-state index < -0.39 is 4.92 Å². The van der Waals surface area contributed by atoms with Crippen molar-refractivity contribution in [2.24, 2.45) is 0 Å². The molecule has 0 atom stereocenters. The molecule has 0 bridgehead atoms. The standard InChI is InChI=1S/C11H12ClN5O2/c12-9-6-8(17(18)19)7-11(16-9)13-3-1-2-10-14-4-5-15-10/h4-7H,1-3H2,(H,13,16)(H,14,15). The highest BCUT2D eigenvalue weighted by Crippen LogP contribution is 2.20. The van der Waals surface area contributed by atoms with Crippen molar-refractivity contribution in [1.82, 2.24) is 15.0 Å².